The van der Waals surface area contributed by atoms with Crippen LogP contribution in [0.15, 0.2) is 42.1 Å². The summed E-state index contributed by atoms with van der Waals surface area (Å²) in [5.41, 5.74) is 2.99. The number of nitrogens with zero attached hydrogens (tertiary/aromatic N) is 1. The minimum atomic E-state index is -0.435. The number of benzene rings is 2. The third-order valence-electron chi connectivity index (χ3n) is 4.35. The van der Waals surface area contributed by atoms with Crippen LogP contribution in [0.25, 0.3) is 6.08 Å². The van der Waals surface area contributed by atoms with Crippen molar-refractivity contribution in [2.75, 3.05) is 13.7 Å². The summed E-state index contributed by atoms with van der Waals surface area (Å²) in [5.74, 6) is 0.488. The van der Waals surface area contributed by atoms with E-state index in [2.05, 4.69) is 5.32 Å². The average molecular weight is 401 g/mol. The monoisotopic (exact) mass is 400 g/mol. The number of ether oxygens (including phenoxy) is 2. The first-order valence-corrected chi connectivity index (χ1v) is 9.21. The maximum atomic E-state index is 12.2. The molecule has 1 fully saturated rings. The zero-order chi connectivity index (χ0) is 20.3. The van der Waals surface area contributed by atoms with Gasteiger partial charge in [0.25, 0.3) is 5.91 Å². The quantitative estimate of drug-likeness (QED) is 0.584. The molecule has 1 aliphatic heterocycles. The molecular weight excluding hydrogens is 380 g/mol. The maximum Gasteiger partial charge on any atom is 0.328 e. The normalized spacial score (nSPS) is 15.1. The first-order chi connectivity index (χ1) is 13.4. The Hall–Kier alpha value is -2.99. The standard InChI is InChI=1S/C21H21ClN2O4/c1-4-24-20(25)17(23-21(24)26)10-15-9-16(22)19(18(11-15)27-3)28-12-14-7-5-13(2)6-8-14/h5-11H,4,12H2,1-3H3,(H,23,26)/b17-10+. The van der Waals surface area contributed by atoms with Crippen LogP contribution >= 0.6 is 11.6 Å². The number of methoxy groups -OCH3 is 1. The van der Waals surface area contributed by atoms with Crippen LogP contribution in [0.4, 0.5) is 4.79 Å². The first kappa shape index (κ1) is 19.8. The molecule has 0 radical (unpaired) electrons. The van der Waals surface area contributed by atoms with Crippen LogP contribution in [0.5, 0.6) is 11.5 Å². The van der Waals surface area contributed by atoms with Crippen molar-refractivity contribution >= 4 is 29.6 Å². The molecule has 6 nitrogen and oxygen atoms in total. The third kappa shape index (κ3) is 4.12. The number of rotatable bonds is 6. The molecular formula is C21H21ClN2O4. The van der Waals surface area contributed by atoms with E-state index in [1.54, 1.807) is 25.1 Å². The number of carbonyl (C=O) groups excluding carboxylic acids is 2. The average Bonchev–Trinajstić information content (AvgIpc) is 2.94. The van der Waals surface area contributed by atoms with Gasteiger partial charge in [-0.1, -0.05) is 41.4 Å². The zero-order valence-electron chi connectivity index (χ0n) is 15.9. The predicted molar refractivity (Wildman–Crippen MR) is 107 cm³/mol. The van der Waals surface area contributed by atoms with Gasteiger partial charge in [-0.15, -0.1) is 0 Å². The molecule has 0 spiro atoms. The number of likely N-dealkylation sites (N-methyl/N-ethyl adjacent to an activating group) is 1. The fourth-order valence-electron chi connectivity index (χ4n) is 2.83. The molecule has 1 heterocycles. The van der Waals surface area contributed by atoms with Crippen LogP contribution in [0.3, 0.4) is 0 Å². The number of carbonyl (C=O) groups is 2. The highest BCUT2D eigenvalue weighted by atomic mass is 35.5. The van der Waals surface area contributed by atoms with Crippen molar-refractivity contribution < 1.29 is 19.1 Å². The lowest BCUT2D eigenvalue weighted by Crippen LogP contribution is -2.30. The Morgan fingerprint density at radius 3 is 2.50 bits per heavy atom. The van der Waals surface area contributed by atoms with Crippen molar-refractivity contribution in [3.63, 3.8) is 0 Å². The summed E-state index contributed by atoms with van der Waals surface area (Å²) in [6.07, 6.45) is 1.56. The van der Waals surface area contributed by atoms with Gasteiger partial charge < -0.3 is 14.8 Å². The second-order valence-corrected chi connectivity index (χ2v) is 6.75. The zero-order valence-corrected chi connectivity index (χ0v) is 16.7. The van der Waals surface area contributed by atoms with Crippen molar-refractivity contribution in [3.8, 4) is 11.5 Å². The molecule has 7 heteroatoms. The van der Waals surface area contributed by atoms with E-state index < -0.39 is 6.03 Å². The Labute approximate surface area is 168 Å². The Morgan fingerprint density at radius 2 is 1.89 bits per heavy atom. The van der Waals surface area contributed by atoms with E-state index in [1.807, 2.05) is 31.2 Å². The molecule has 1 saturated heterocycles. The van der Waals surface area contributed by atoms with Gasteiger partial charge in [0, 0.05) is 6.54 Å². The number of hydrogen-bond donors (Lipinski definition) is 1. The molecule has 3 rings (SSSR count). The molecule has 2 aromatic rings. The smallest absolute Gasteiger partial charge is 0.328 e. The molecule has 146 valence electrons. The van der Waals surface area contributed by atoms with Crippen molar-refractivity contribution in [1.29, 1.82) is 0 Å². The van der Waals surface area contributed by atoms with Gasteiger partial charge in [-0.3, -0.25) is 9.69 Å². The second kappa shape index (κ2) is 8.35. The number of halogens is 1. The van der Waals surface area contributed by atoms with Crippen molar-refractivity contribution in [1.82, 2.24) is 10.2 Å². The summed E-state index contributed by atoms with van der Waals surface area (Å²) in [7, 11) is 1.52. The van der Waals surface area contributed by atoms with E-state index >= 15 is 0 Å². The number of nitrogens with one attached hydrogen (secondary N) is 1. The van der Waals surface area contributed by atoms with Gasteiger partial charge in [0.15, 0.2) is 11.5 Å². The molecule has 28 heavy (non-hydrogen) atoms. The van der Waals surface area contributed by atoms with Crippen LogP contribution in [0.2, 0.25) is 5.02 Å². The van der Waals surface area contributed by atoms with E-state index in [0.717, 1.165) is 10.5 Å². The lowest BCUT2D eigenvalue weighted by molar-refractivity contribution is -0.122. The predicted octanol–water partition coefficient (Wildman–Crippen LogP) is 4.15. The Bertz CT molecular complexity index is 938. The molecule has 0 bridgehead atoms. The molecule has 3 amide bonds. The van der Waals surface area contributed by atoms with E-state index in [9.17, 15) is 9.59 Å². The first-order valence-electron chi connectivity index (χ1n) is 8.83. The summed E-state index contributed by atoms with van der Waals surface area (Å²) < 4.78 is 11.3. The molecule has 1 aliphatic rings. The van der Waals surface area contributed by atoms with Crippen LogP contribution in [-0.2, 0) is 11.4 Å². The van der Waals surface area contributed by atoms with E-state index in [0.29, 0.717) is 35.2 Å². The molecule has 0 atom stereocenters. The van der Waals surface area contributed by atoms with E-state index in [4.69, 9.17) is 21.1 Å². The molecule has 0 aliphatic carbocycles. The SMILES string of the molecule is CCN1C(=O)N/C(=C/c2cc(Cl)c(OCc3ccc(C)cc3)c(OC)c2)C1=O. The van der Waals surface area contributed by atoms with Gasteiger partial charge in [0.05, 0.1) is 12.1 Å². The fourth-order valence-corrected chi connectivity index (χ4v) is 3.10. The van der Waals surface area contributed by atoms with Gasteiger partial charge in [0.1, 0.15) is 12.3 Å². The Balaban J connectivity index is 1.83. The molecule has 0 unspecified atom stereocenters. The molecule has 0 aromatic heterocycles. The number of hydrogen-bond acceptors (Lipinski definition) is 4. The van der Waals surface area contributed by atoms with Crippen molar-refractivity contribution in [3.05, 3.63) is 63.8 Å². The third-order valence-corrected chi connectivity index (χ3v) is 4.63. The highest BCUT2D eigenvalue weighted by Crippen LogP contribution is 2.37. The van der Waals surface area contributed by atoms with Crippen molar-refractivity contribution in [2.24, 2.45) is 0 Å². The van der Waals surface area contributed by atoms with Gasteiger partial charge >= 0.3 is 6.03 Å². The van der Waals surface area contributed by atoms with Gasteiger partial charge in [0.2, 0.25) is 0 Å². The van der Waals surface area contributed by atoms with E-state index in [-0.39, 0.29) is 11.6 Å². The topological polar surface area (TPSA) is 67.9 Å². The van der Waals surface area contributed by atoms with Crippen molar-refractivity contribution in [2.45, 2.75) is 20.5 Å². The van der Waals surface area contributed by atoms with Gasteiger partial charge in [-0.25, -0.2) is 4.79 Å². The highest BCUT2D eigenvalue weighted by Gasteiger charge is 2.32. The Kier molecular flexibility index (Phi) is 5.90. The number of amides is 3. The van der Waals surface area contributed by atoms with E-state index in [1.165, 1.54) is 12.7 Å². The number of imide groups is 1. The summed E-state index contributed by atoms with van der Waals surface area (Å²) in [6.45, 7) is 4.41. The summed E-state index contributed by atoms with van der Waals surface area (Å²) in [6, 6.07) is 10.9. The second-order valence-electron chi connectivity index (χ2n) is 6.35. The lowest BCUT2D eigenvalue weighted by Gasteiger charge is -2.14. The van der Waals surface area contributed by atoms with Crippen LogP contribution in [0.1, 0.15) is 23.6 Å². The summed E-state index contributed by atoms with van der Waals surface area (Å²) >= 11 is 6.39. The maximum absolute atomic E-state index is 12.2. The minimum Gasteiger partial charge on any atom is -0.493 e. The highest BCUT2D eigenvalue weighted by molar-refractivity contribution is 6.32. The lowest BCUT2D eigenvalue weighted by atomic mass is 10.1. The minimum absolute atomic E-state index is 0.193. The largest absolute Gasteiger partial charge is 0.493 e. The molecule has 1 N–H and O–H groups in total. The molecule has 0 saturated carbocycles. The Morgan fingerprint density at radius 1 is 1.18 bits per heavy atom. The number of urea groups is 1. The van der Waals surface area contributed by atoms with Crippen LogP contribution in [-0.4, -0.2) is 30.5 Å². The van der Waals surface area contributed by atoms with Crippen LogP contribution in [0, 0.1) is 6.92 Å². The van der Waals surface area contributed by atoms with Gasteiger partial charge in [-0.05, 0) is 43.2 Å². The summed E-state index contributed by atoms with van der Waals surface area (Å²) in [5, 5.41) is 2.91. The number of aryl methyl sites for hydroxylation is 1. The van der Waals surface area contributed by atoms with Crippen LogP contribution < -0.4 is 14.8 Å². The molecule has 2 aromatic carbocycles. The fraction of sp³-hybridized carbons (Fsp3) is 0.238. The summed E-state index contributed by atoms with van der Waals surface area (Å²) in [4.78, 5) is 25.1. The van der Waals surface area contributed by atoms with Gasteiger partial charge in [-0.2, -0.15) is 0 Å².